The zero-order valence-electron chi connectivity index (χ0n) is 29.1. The molecule has 1 aliphatic carbocycles. The fourth-order valence-electron chi connectivity index (χ4n) is 10.4. The van der Waals surface area contributed by atoms with Gasteiger partial charge in [-0.05, 0) is 88.4 Å². The topological polar surface area (TPSA) is 8.17 Å². The van der Waals surface area contributed by atoms with E-state index in [0.29, 0.717) is 0 Å². The molecule has 2 unspecified atom stereocenters. The molecule has 0 amide bonds. The lowest BCUT2D eigenvalue weighted by Gasteiger charge is -2.52. The zero-order valence-corrected chi connectivity index (χ0v) is 29.1. The molecule has 4 aliphatic rings. The lowest BCUT2D eigenvalue weighted by molar-refractivity contribution is 0.195. The standard InChI is InChI=1S/C45H43BN2/c1-28-24-36-39-37(25-28)48-42-33(44(5)22-13-14-23-45(44,48)6)26-31(43(2,3)4)27-35(42)46(39)34-21-15-20-32-38(29-16-9-7-10-17-29)40(47(36)41(32)34)30-18-11-8-12-19-30/h7-12,15-21,24-27H,13-14,22-23H2,1-6H3. The van der Waals surface area contributed by atoms with Crippen LogP contribution in [0.15, 0.2) is 103 Å². The molecule has 236 valence electrons. The predicted octanol–water partition coefficient (Wildman–Crippen LogP) is 9.46. The Bertz CT molecular complexity index is 2330. The Kier molecular flexibility index (Phi) is 5.55. The first-order valence-corrected chi connectivity index (χ1v) is 18.0. The summed E-state index contributed by atoms with van der Waals surface area (Å²) in [5.74, 6) is 0. The maximum atomic E-state index is 2.86. The van der Waals surface area contributed by atoms with Gasteiger partial charge in [0, 0.05) is 38.9 Å². The van der Waals surface area contributed by atoms with E-state index in [1.807, 2.05) is 0 Å². The van der Waals surface area contributed by atoms with Crippen molar-refractivity contribution in [3.63, 3.8) is 0 Å². The van der Waals surface area contributed by atoms with Crippen molar-refractivity contribution >= 4 is 45.4 Å². The molecule has 0 N–H and O–H groups in total. The minimum Gasteiger partial charge on any atom is -0.335 e. The summed E-state index contributed by atoms with van der Waals surface area (Å²) in [7, 11) is 0. The molecule has 0 saturated heterocycles. The summed E-state index contributed by atoms with van der Waals surface area (Å²) in [5, 5.41) is 1.34. The highest BCUT2D eigenvalue weighted by Crippen LogP contribution is 2.62. The lowest BCUT2D eigenvalue weighted by Crippen LogP contribution is -2.64. The molecule has 2 nitrogen and oxygen atoms in total. The van der Waals surface area contributed by atoms with Gasteiger partial charge in [-0.1, -0.05) is 132 Å². The second kappa shape index (κ2) is 9.35. The second-order valence-electron chi connectivity index (χ2n) is 16.5. The van der Waals surface area contributed by atoms with Crippen molar-refractivity contribution < 1.29 is 0 Å². The van der Waals surface area contributed by atoms with Crippen molar-refractivity contribution in [3.8, 4) is 28.1 Å². The van der Waals surface area contributed by atoms with Gasteiger partial charge in [0.1, 0.15) is 0 Å². The van der Waals surface area contributed by atoms with Crippen molar-refractivity contribution in [1.29, 1.82) is 0 Å². The average Bonchev–Trinajstić information content (AvgIpc) is 3.53. The van der Waals surface area contributed by atoms with Gasteiger partial charge in [-0.15, -0.1) is 0 Å². The lowest BCUT2D eigenvalue weighted by atomic mass is 9.33. The Morgan fingerprint density at radius 3 is 2.12 bits per heavy atom. The molecule has 0 bridgehead atoms. The van der Waals surface area contributed by atoms with Crippen molar-refractivity contribution in [3.05, 3.63) is 120 Å². The normalized spacial score (nSPS) is 21.7. The maximum Gasteiger partial charge on any atom is 0.252 e. The molecule has 6 aromatic rings. The third-order valence-corrected chi connectivity index (χ3v) is 12.9. The molecule has 2 atom stereocenters. The van der Waals surface area contributed by atoms with E-state index in [1.54, 1.807) is 5.56 Å². The summed E-state index contributed by atoms with van der Waals surface area (Å²) < 4.78 is 2.66. The maximum absolute atomic E-state index is 2.86. The van der Waals surface area contributed by atoms with Gasteiger partial charge < -0.3 is 9.47 Å². The van der Waals surface area contributed by atoms with E-state index in [1.165, 1.54) is 104 Å². The first kappa shape index (κ1) is 28.5. The highest BCUT2D eigenvalue weighted by atomic mass is 15.3. The van der Waals surface area contributed by atoms with Gasteiger partial charge in [-0.25, -0.2) is 0 Å². The fourth-order valence-corrected chi connectivity index (χ4v) is 10.4. The number of aromatic nitrogens is 1. The van der Waals surface area contributed by atoms with Gasteiger partial charge in [-0.2, -0.15) is 0 Å². The van der Waals surface area contributed by atoms with Crippen LogP contribution in [0.3, 0.4) is 0 Å². The average molecular weight is 623 g/mol. The first-order chi connectivity index (χ1) is 23.1. The van der Waals surface area contributed by atoms with Crippen LogP contribution in [-0.4, -0.2) is 16.8 Å². The molecule has 5 aromatic carbocycles. The number of aryl methyl sites for hydroxylation is 1. The monoisotopic (exact) mass is 622 g/mol. The van der Waals surface area contributed by atoms with Gasteiger partial charge in [0.05, 0.1) is 11.2 Å². The molecule has 0 radical (unpaired) electrons. The number of nitrogens with zero attached hydrogens (tertiary/aromatic N) is 2. The molecule has 4 heterocycles. The fraction of sp³-hybridized carbons (Fsp3) is 0.289. The molecule has 0 spiro atoms. The summed E-state index contributed by atoms with van der Waals surface area (Å²) in [5.41, 5.74) is 19.8. The van der Waals surface area contributed by atoms with Gasteiger partial charge in [-0.3, -0.25) is 0 Å². The number of benzene rings is 5. The number of anilines is 2. The van der Waals surface area contributed by atoms with Gasteiger partial charge in [0.25, 0.3) is 6.71 Å². The molecule has 1 aromatic heterocycles. The van der Waals surface area contributed by atoms with Gasteiger partial charge in [0.2, 0.25) is 0 Å². The van der Waals surface area contributed by atoms with Crippen LogP contribution in [0.2, 0.25) is 0 Å². The molecule has 10 rings (SSSR count). The third kappa shape index (κ3) is 3.40. The number of hydrogen-bond acceptors (Lipinski definition) is 1. The van der Waals surface area contributed by atoms with E-state index in [9.17, 15) is 0 Å². The quantitative estimate of drug-likeness (QED) is 0.175. The van der Waals surface area contributed by atoms with Gasteiger partial charge >= 0.3 is 0 Å². The SMILES string of the molecule is Cc1cc2c3c(c1)-n1c(-c4ccccc4)c(-c4ccccc4)c4cccc(c41)B3c1cc(C(C)(C)C)cc3c1N2C1(C)CCCCC31C. The van der Waals surface area contributed by atoms with E-state index in [0.717, 1.165) is 0 Å². The number of rotatable bonds is 2. The van der Waals surface area contributed by atoms with Crippen molar-refractivity contribution in [2.24, 2.45) is 0 Å². The molecule has 3 heteroatoms. The molecular formula is C45H43BN2. The van der Waals surface area contributed by atoms with Crippen LogP contribution in [-0.2, 0) is 10.8 Å². The van der Waals surface area contributed by atoms with Crippen LogP contribution in [0.25, 0.3) is 39.0 Å². The Morgan fingerprint density at radius 1 is 0.708 bits per heavy atom. The van der Waals surface area contributed by atoms with E-state index in [4.69, 9.17) is 0 Å². The largest absolute Gasteiger partial charge is 0.335 e. The van der Waals surface area contributed by atoms with Crippen LogP contribution in [0.1, 0.15) is 77.0 Å². The Labute approximate surface area is 285 Å². The highest BCUT2D eigenvalue weighted by molar-refractivity contribution is 7.00. The van der Waals surface area contributed by atoms with Crippen molar-refractivity contribution in [1.82, 2.24) is 4.57 Å². The number of fused-ring (bicyclic) bond motifs is 7. The summed E-state index contributed by atoms with van der Waals surface area (Å²) in [4.78, 5) is 2.86. The first-order valence-electron chi connectivity index (χ1n) is 18.0. The predicted molar refractivity (Wildman–Crippen MR) is 205 cm³/mol. The molecular weight excluding hydrogens is 579 g/mol. The summed E-state index contributed by atoms with van der Waals surface area (Å²) >= 11 is 0. The second-order valence-corrected chi connectivity index (χ2v) is 16.5. The van der Waals surface area contributed by atoms with Crippen molar-refractivity contribution in [2.45, 2.75) is 83.6 Å². The van der Waals surface area contributed by atoms with E-state index < -0.39 is 0 Å². The van der Waals surface area contributed by atoms with Crippen LogP contribution in [0.4, 0.5) is 11.4 Å². The summed E-state index contributed by atoms with van der Waals surface area (Å²) in [6.45, 7) is 14.9. The van der Waals surface area contributed by atoms with Gasteiger partial charge in [0.15, 0.2) is 0 Å². The smallest absolute Gasteiger partial charge is 0.252 e. The minimum atomic E-state index is 0.0197. The van der Waals surface area contributed by atoms with Crippen LogP contribution < -0.4 is 21.3 Å². The molecule has 1 saturated carbocycles. The van der Waals surface area contributed by atoms with Crippen LogP contribution >= 0.6 is 0 Å². The molecule has 3 aliphatic heterocycles. The zero-order chi connectivity index (χ0) is 32.7. The Morgan fingerprint density at radius 2 is 1.40 bits per heavy atom. The highest BCUT2D eigenvalue weighted by Gasteiger charge is 2.61. The van der Waals surface area contributed by atoms with E-state index in [-0.39, 0.29) is 23.1 Å². The van der Waals surface area contributed by atoms with Crippen molar-refractivity contribution in [2.75, 3.05) is 4.90 Å². The molecule has 48 heavy (non-hydrogen) atoms. The van der Waals surface area contributed by atoms with E-state index in [2.05, 4.69) is 154 Å². The third-order valence-electron chi connectivity index (χ3n) is 12.9. The Hall–Kier alpha value is -4.50. The minimum absolute atomic E-state index is 0.0197. The summed E-state index contributed by atoms with van der Waals surface area (Å²) in [6, 6.07) is 39.6. The number of hydrogen-bond donors (Lipinski definition) is 0. The Balaban J connectivity index is 1.41. The number of para-hydroxylation sites is 1. The molecule has 1 fully saturated rings. The summed E-state index contributed by atoms with van der Waals surface area (Å²) in [6.07, 6.45) is 5.05. The van der Waals surface area contributed by atoms with Crippen LogP contribution in [0, 0.1) is 6.92 Å². The van der Waals surface area contributed by atoms with Crippen LogP contribution in [0.5, 0.6) is 0 Å². The van der Waals surface area contributed by atoms with E-state index >= 15 is 0 Å².